The lowest BCUT2D eigenvalue weighted by molar-refractivity contribution is -0.146. The van der Waals surface area contributed by atoms with E-state index in [4.69, 9.17) is 5.73 Å². The van der Waals surface area contributed by atoms with Crippen LogP contribution in [0.5, 0.6) is 0 Å². The summed E-state index contributed by atoms with van der Waals surface area (Å²) in [5.41, 5.74) is 6.50. The van der Waals surface area contributed by atoms with Crippen LogP contribution in [0.3, 0.4) is 0 Å². The molecule has 3 N–H and O–H groups in total. The molecule has 27 heavy (non-hydrogen) atoms. The summed E-state index contributed by atoms with van der Waals surface area (Å²) < 4.78 is 1.72. The molecule has 2 aromatic rings. The predicted molar refractivity (Wildman–Crippen MR) is 97.4 cm³/mol. The minimum absolute atomic E-state index is 0.152. The highest BCUT2D eigenvalue weighted by Crippen LogP contribution is 2.33. The number of likely N-dealkylation sites (tertiary alicyclic amines) is 1. The van der Waals surface area contributed by atoms with Crippen molar-refractivity contribution in [2.75, 3.05) is 11.9 Å². The zero-order chi connectivity index (χ0) is 19.6. The van der Waals surface area contributed by atoms with Gasteiger partial charge in [-0.2, -0.15) is 5.10 Å². The number of aromatic nitrogens is 3. The number of pyridine rings is 1. The first kappa shape index (κ1) is 18.6. The number of primary amides is 1. The van der Waals surface area contributed by atoms with Crippen LogP contribution in [0.2, 0.25) is 0 Å². The fourth-order valence-corrected chi connectivity index (χ4v) is 3.35. The van der Waals surface area contributed by atoms with Gasteiger partial charge in [-0.1, -0.05) is 6.92 Å². The Morgan fingerprint density at radius 2 is 2.04 bits per heavy atom. The van der Waals surface area contributed by atoms with Crippen LogP contribution in [0.1, 0.15) is 41.9 Å². The number of amides is 3. The molecule has 0 bridgehead atoms. The van der Waals surface area contributed by atoms with E-state index in [2.05, 4.69) is 22.3 Å². The number of piperidine rings is 1. The van der Waals surface area contributed by atoms with Crippen LogP contribution in [0.25, 0.3) is 0 Å². The summed E-state index contributed by atoms with van der Waals surface area (Å²) in [6.07, 6.45) is 6.06. The number of carbonyl (C=O) groups is 3. The quantitative estimate of drug-likeness (QED) is 0.776. The predicted octanol–water partition coefficient (Wildman–Crippen LogP) is 0.852. The maximum absolute atomic E-state index is 12.9. The van der Waals surface area contributed by atoms with Crippen molar-refractivity contribution < 1.29 is 14.4 Å². The van der Waals surface area contributed by atoms with E-state index in [0.29, 0.717) is 12.5 Å². The van der Waals surface area contributed by atoms with Crippen molar-refractivity contribution in [3.05, 3.63) is 42.0 Å². The highest BCUT2D eigenvalue weighted by atomic mass is 16.2. The molecule has 1 saturated heterocycles. The van der Waals surface area contributed by atoms with Gasteiger partial charge in [0.25, 0.3) is 0 Å². The van der Waals surface area contributed by atoms with Gasteiger partial charge < -0.3 is 16.0 Å². The molecular weight excluding hydrogens is 348 g/mol. The monoisotopic (exact) mass is 370 g/mol. The maximum atomic E-state index is 12.9. The van der Waals surface area contributed by atoms with E-state index >= 15 is 0 Å². The molecule has 0 radical (unpaired) electrons. The Morgan fingerprint density at radius 1 is 1.26 bits per heavy atom. The average molecular weight is 370 g/mol. The van der Waals surface area contributed by atoms with Crippen LogP contribution in [0.4, 0.5) is 5.69 Å². The first-order chi connectivity index (χ1) is 12.9. The van der Waals surface area contributed by atoms with Crippen LogP contribution < -0.4 is 11.1 Å². The van der Waals surface area contributed by atoms with E-state index in [9.17, 15) is 14.4 Å². The molecule has 0 aromatic carbocycles. The molecule has 3 rings (SSSR count). The topological polar surface area (TPSA) is 123 Å². The van der Waals surface area contributed by atoms with Gasteiger partial charge in [-0.05, 0) is 30.9 Å². The van der Waals surface area contributed by atoms with Gasteiger partial charge in [0.15, 0.2) is 0 Å². The molecule has 0 saturated carbocycles. The summed E-state index contributed by atoms with van der Waals surface area (Å²) in [6, 6.07) is 3.04. The Kier molecular flexibility index (Phi) is 5.20. The summed E-state index contributed by atoms with van der Waals surface area (Å²) in [4.78, 5) is 42.1. The van der Waals surface area contributed by atoms with E-state index in [1.165, 1.54) is 18.5 Å². The van der Waals surface area contributed by atoms with E-state index < -0.39 is 17.7 Å². The number of nitrogens with zero attached hydrogens (tertiary/aromatic N) is 4. The van der Waals surface area contributed by atoms with Gasteiger partial charge in [-0.15, -0.1) is 0 Å². The fourth-order valence-electron chi connectivity index (χ4n) is 3.35. The fraction of sp³-hybridized carbons (Fsp3) is 0.389. The molecule has 2 aromatic heterocycles. The minimum Gasteiger partial charge on any atom is -0.366 e. The molecule has 1 aliphatic rings. The molecule has 9 heteroatoms. The number of hydrogen-bond acceptors (Lipinski definition) is 5. The van der Waals surface area contributed by atoms with E-state index in [0.717, 1.165) is 18.5 Å². The second-order valence-electron chi connectivity index (χ2n) is 6.82. The lowest BCUT2D eigenvalue weighted by Crippen LogP contribution is -2.47. The molecule has 0 spiro atoms. The Labute approximate surface area is 156 Å². The van der Waals surface area contributed by atoms with Crippen LogP contribution >= 0.6 is 0 Å². The first-order valence-corrected chi connectivity index (χ1v) is 8.71. The number of carbonyl (C=O) groups excluding carboxylic acids is 3. The van der Waals surface area contributed by atoms with Gasteiger partial charge in [-0.3, -0.25) is 24.0 Å². The van der Waals surface area contributed by atoms with Crippen LogP contribution in [0, 0.1) is 5.92 Å². The summed E-state index contributed by atoms with van der Waals surface area (Å²) >= 11 is 0. The van der Waals surface area contributed by atoms with Crippen molar-refractivity contribution in [3.63, 3.8) is 0 Å². The lowest BCUT2D eigenvalue weighted by Gasteiger charge is -2.38. The summed E-state index contributed by atoms with van der Waals surface area (Å²) in [6.45, 7) is 2.54. The minimum atomic E-state index is -0.778. The molecule has 1 fully saturated rings. The molecule has 0 aliphatic carbocycles. The highest BCUT2D eigenvalue weighted by Gasteiger charge is 2.35. The largest absolute Gasteiger partial charge is 0.366 e. The molecule has 3 amide bonds. The molecule has 9 nitrogen and oxygen atoms in total. The normalized spacial score (nSPS) is 19.6. The van der Waals surface area contributed by atoms with E-state index in [1.807, 2.05) is 13.1 Å². The molecule has 2 atom stereocenters. The number of anilines is 1. The first-order valence-electron chi connectivity index (χ1n) is 8.71. The number of hydrogen-bond donors (Lipinski definition) is 2. The van der Waals surface area contributed by atoms with Gasteiger partial charge in [-0.25, -0.2) is 0 Å². The lowest BCUT2D eigenvalue weighted by atomic mass is 9.92. The standard InChI is InChI=1S/C18H22N6O3/c1-11-3-4-15(14-5-6-21-23(14)2)24(10-11)18(27)17(26)22-13-7-12(16(19)25)8-20-9-13/h5-9,11,15H,3-4,10H2,1-2H3,(H2,19,25)(H,22,26)/t11-,15-/m1/s1. The van der Waals surface area contributed by atoms with Gasteiger partial charge >= 0.3 is 11.8 Å². The van der Waals surface area contributed by atoms with Gasteiger partial charge in [0.05, 0.1) is 29.2 Å². The summed E-state index contributed by atoms with van der Waals surface area (Å²) in [7, 11) is 1.82. The third-order valence-electron chi connectivity index (χ3n) is 4.75. The van der Waals surface area contributed by atoms with Crippen molar-refractivity contribution in [2.24, 2.45) is 18.7 Å². The number of rotatable bonds is 3. The second kappa shape index (κ2) is 7.56. The Balaban J connectivity index is 1.79. The molecular formula is C18H22N6O3. The maximum Gasteiger partial charge on any atom is 0.313 e. The number of nitrogens with one attached hydrogen (secondary N) is 1. The summed E-state index contributed by atoms with van der Waals surface area (Å²) in [5, 5.41) is 6.68. The Hall–Kier alpha value is -3.23. The molecule has 3 heterocycles. The zero-order valence-corrected chi connectivity index (χ0v) is 15.3. The number of nitrogens with two attached hydrogens (primary N) is 1. The van der Waals surface area contributed by atoms with Crippen LogP contribution in [-0.2, 0) is 16.6 Å². The summed E-state index contributed by atoms with van der Waals surface area (Å²) in [5.74, 6) is -1.77. The zero-order valence-electron chi connectivity index (χ0n) is 15.3. The van der Waals surface area contributed by atoms with Crippen molar-refractivity contribution in [2.45, 2.75) is 25.8 Å². The van der Waals surface area contributed by atoms with Crippen LogP contribution in [0.15, 0.2) is 30.7 Å². The van der Waals surface area contributed by atoms with Gasteiger partial charge in [0.2, 0.25) is 5.91 Å². The Bertz CT molecular complexity index is 877. The van der Waals surface area contributed by atoms with Crippen LogP contribution in [-0.4, -0.2) is 43.9 Å². The van der Waals surface area contributed by atoms with Crippen molar-refractivity contribution in [3.8, 4) is 0 Å². The third kappa shape index (κ3) is 3.97. The molecule has 142 valence electrons. The third-order valence-corrected chi connectivity index (χ3v) is 4.75. The van der Waals surface area contributed by atoms with Crippen molar-refractivity contribution in [1.82, 2.24) is 19.7 Å². The second-order valence-corrected chi connectivity index (χ2v) is 6.82. The smallest absolute Gasteiger partial charge is 0.313 e. The molecule has 0 unspecified atom stereocenters. The van der Waals surface area contributed by atoms with Crippen molar-refractivity contribution in [1.29, 1.82) is 0 Å². The average Bonchev–Trinajstić information content (AvgIpc) is 3.07. The van der Waals surface area contributed by atoms with Gasteiger partial charge in [0.1, 0.15) is 0 Å². The highest BCUT2D eigenvalue weighted by molar-refractivity contribution is 6.39. The van der Waals surface area contributed by atoms with Crippen molar-refractivity contribution >= 4 is 23.4 Å². The number of aryl methyl sites for hydroxylation is 1. The Morgan fingerprint density at radius 3 is 2.70 bits per heavy atom. The SMILES string of the molecule is C[C@@H]1CC[C@H](c2ccnn2C)N(C(=O)C(=O)Nc2cncc(C(N)=O)c2)C1. The van der Waals surface area contributed by atoms with E-state index in [-0.39, 0.29) is 17.3 Å². The molecule has 1 aliphatic heterocycles. The van der Waals surface area contributed by atoms with Gasteiger partial charge in [0, 0.05) is 26.0 Å². The van der Waals surface area contributed by atoms with E-state index in [1.54, 1.807) is 15.8 Å².